The molecular weight excluding hydrogens is 240 g/mol. The van der Waals surface area contributed by atoms with Crippen LogP contribution in [0.15, 0.2) is 24.3 Å². The molecule has 1 aromatic rings. The summed E-state index contributed by atoms with van der Waals surface area (Å²) in [7, 11) is 0. The van der Waals surface area contributed by atoms with Crippen LogP contribution in [0.1, 0.15) is 24.8 Å². The van der Waals surface area contributed by atoms with E-state index >= 15 is 0 Å². The number of aliphatic hydroxyl groups excluding tert-OH is 1. The van der Waals surface area contributed by atoms with Crippen LogP contribution in [0.2, 0.25) is 0 Å². The molecule has 1 unspecified atom stereocenters. The third-order valence-corrected chi connectivity index (χ3v) is 4.19. The quantitative estimate of drug-likeness (QED) is 0.845. The number of hydrogen-bond donors (Lipinski definition) is 2. The maximum absolute atomic E-state index is 12.6. The van der Waals surface area contributed by atoms with E-state index in [1.54, 1.807) is 0 Å². The second-order valence-corrected chi connectivity index (χ2v) is 5.42. The number of anilines is 1. The number of nitrogens with one attached hydrogen (secondary N) is 1. The molecule has 4 heteroatoms. The number of piperidine rings is 1. The van der Waals surface area contributed by atoms with Gasteiger partial charge in [0.2, 0.25) is 5.91 Å². The van der Waals surface area contributed by atoms with Gasteiger partial charge >= 0.3 is 0 Å². The maximum atomic E-state index is 12.6. The van der Waals surface area contributed by atoms with Crippen LogP contribution in [0.25, 0.3) is 0 Å². The second-order valence-electron chi connectivity index (χ2n) is 5.42. The molecule has 0 radical (unpaired) electrons. The molecule has 2 N–H and O–H groups in total. The summed E-state index contributed by atoms with van der Waals surface area (Å²) < 4.78 is 0. The summed E-state index contributed by atoms with van der Waals surface area (Å²) in [6.45, 7) is 0.851. The number of rotatable bonds is 2. The van der Waals surface area contributed by atoms with E-state index in [0.29, 0.717) is 0 Å². The molecule has 2 aliphatic rings. The highest BCUT2D eigenvalue weighted by molar-refractivity contribution is 5.87. The molecule has 2 atom stereocenters. The van der Waals surface area contributed by atoms with E-state index in [9.17, 15) is 9.90 Å². The average Bonchev–Trinajstić information content (AvgIpc) is 2.90. The van der Waals surface area contributed by atoms with Crippen LogP contribution in [-0.2, 0) is 11.2 Å². The van der Waals surface area contributed by atoms with Gasteiger partial charge in [-0.25, -0.2) is 0 Å². The topological polar surface area (TPSA) is 52.6 Å². The molecule has 2 heterocycles. The van der Waals surface area contributed by atoms with Crippen LogP contribution in [0.3, 0.4) is 0 Å². The van der Waals surface area contributed by atoms with Gasteiger partial charge in [-0.05, 0) is 30.9 Å². The van der Waals surface area contributed by atoms with Crippen LogP contribution in [0.5, 0.6) is 0 Å². The Hall–Kier alpha value is -1.55. The molecule has 19 heavy (non-hydrogen) atoms. The second kappa shape index (κ2) is 5.21. The van der Waals surface area contributed by atoms with Crippen molar-refractivity contribution in [2.75, 3.05) is 18.5 Å². The Bertz CT molecular complexity index is 450. The van der Waals surface area contributed by atoms with Crippen LogP contribution < -0.4 is 5.32 Å². The highest BCUT2D eigenvalue weighted by Gasteiger charge is 2.34. The number of likely N-dealkylation sites (tertiary alicyclic amines) is 1. The molecule has 0 spiro atoms. The van der Waals surface area contributed by atoms with Gasteiger partial charge in [0.1, 0.15) is 6.04 Å². The third-order valence-electron chi connectivity index (χ3n) is 4.19. The molecule has 0 bridgehead atoms. The van der Waals surface area contributed by atoms with Gasteiger partial charge in [-0.3, -0.25) is 4.79 Å². The monoisotopic (exact) mass is 260 g/mol. The van der Waals surface area contributed by atoms with Gasteiger partial charge in [0.15, 0.2) is 0 Å². The van der Waals surface area contributed by atoms with Crippen LogP contribution in [-0.4, -0.2) is 41.1 Å². The number of hydrogen-bond acceptors (Lipinski definition) is 3. The van der Waals surface area contributed by atoms with Crippen LogP contribution in [0, 0.1) is 0 Å². The van der Waals surface area contributed by atoms with Gasteiger partial charge in [0.05, 0.1) is 12.6 Å². The molecule has 1 aromatic carbocycles. The Balaban J connectivity index is 1.72. The number of carbonyl (C=O) groups excluding carboxylic acids is 1. The molecule has 0 aliphatic carbocycles. The molecule has 1 amide bonds. The highest BCUT2D eigenvalue weighted by Crippen LogP contribution is 2.27. The van der Waals surface area contributed by atoms with Crippen molar-refractivity contribution in [1.29, 1.82) is 0 Å². The zero-order valence-electron chi connectivity index (χ0n) is 11.0. The molecule has 1 saturated heterocycles. The summed E-state index contributed by atoms with van der Waals surface area (Å²) in [5.74, 6) is 0.134. The van der Waals surface area contributed by atoms with Crippen molar-refractivity contribution in [1.82, 2.24) is 4.90 Å². The molecule has 102 valence electrons. The minimum absolute atomic E-state index is 0.00626. The van der Waals surface area contributed by atoms with E-state index in [0.717, 1.165) is 37.9 Å². The lowest BCUT2D eigenvalue weighted by atomic mass is 10.0. The van der Waals surface area contributed by atoms with Gasteiger partial charge in [-0.1, -0.05) is 18.2 Å². The summed E-state index contributed by atoms with van der Waals surface area (Å²) >= 11 is 0. The smallest absolute Gasteiger partial charge is 0.245 e. The predicted octanol–water partition coefficient (Wildman–Crippen LogP) is 1.40. The fourth-order valence-corrected chi connectivity index (χ4v) is 3.13. The fourth-order valence-electron chi connectivity index (χ4n) is 3.13. The Morgan fingerprint density at radius 1 is 1.37 bits per heavy atom. The van der Waals surface area contributed by atoms with Gasteiger partial charge in [-0.2, -0.15) is 0 Å². The number of benzene rings is 1. The van der Waals surface area contributed by atoms with Crippen LogP contribution in [0.4, 0.5) is 5.69 Å². The number of para-hydroxylation sites is 1. The first kappa shape index (κ1) is 12.5. The Morgan fingerprint density at radius 3 is 3.00 bits per heavy atom. The van der Waals surface area contributed by atoms with E-state index in [1.165, 1.54) is 5.56 Å². The van der Waals surface area contributed by atoms with E-state index in [-0.39, 0.29) is 24.6 Å². The zero-order chi connectivity index (χ0) is 13.2. The normalized spacial score (nSPS) is 25.8. The number of fused-ring (bicyclic) bond motifs is 1. The lowest BCUT2D eigenvalue weighted by molar-refractivity contribution is -0.136. The van der Waals surface area contributed by atoms with E-state index in [2.05, 4.69) is 11.4 Å². The zero-order valence-corrected chi connectivity index (χ0v) is 11.0. The minimum Gasteiger partial charge on any atom is -0.394 e. The average molecular weight is 260 g/mol. The molecular formula is C15H20N2O2. The van der Waals surface area contributed by atoms with E-state index in [4.69, 9.17) is 0 Å². The van der Waals surface area contributed by atoms with Gasteiger partial charge in [-0.15, -0.1) is 0 Å². The maximum Gasteiger partial charge on any atom is 0.245 e. The van der Waals surface area contributed by atoms with Crippen molar-refractivity contribution in [2.45, 2.75) is 37.8 Å². The Kier molecular flexibility index (Phi) is 3.42. The third kappa shape index (κ3) is 2.32. The predicted molar refractivity (Wildman–Crippen MR) is 74.0 cm³/mol. The SMILES string of the molecule is O=C([C@@H]1Cc2ccccc2N1)N1CCCCC1CO. The van der Waals surface area contributed by atoms with Crippen molar-refractivity contribution in [3.8, 4) is 0 Å². The standard InChI is InChI=1S/C15H20N2O2/c18-10-12-6-3-4-8-17(12)15(19)14-9-11-5-1-2-7-13(11)16-14/h1-2,5,7,12,14,16,18H,3-4,6,8-10H2/t12?,14-/m0/s1. The Labute approximate surface area is 113 Å². The first-order valence-electron chi connectivity index (χ1n) is 7.05. The summed E-state index contributed by atoms with van der Waals surface area (Å²) in [6.07, 6.45) is 3.82. The largest absolute Gasteiger partial charge is 0.394 e. The van der Waals surface area contributed by atoms with E-state index < -0.39 is 0 Å². The number of aliphatic hydroxyl groups is 1. The summed E-state index contributed by atoms with van der Waals surface area (Å²) in [6, 6.07) is 7.91. The lowest BCUT2D eigenvalue weighted by Gasteiger charge is -2.36. The summed E-state index contributed by atoms with van der Waals surface area (Å²) in [5, 5.41) is 12.7. The molecule has 4 nitrogen and oxygen atoms in total. The van der Waals surface area contributed by atoms with Gasteiger partial charge in [0.25, 0.3) is 0 Å². The van der Waals surface area contributed by atoms with Gasteiger partial charge in [0, 0.05) is 18.7 Å². The molecule has 0 saturated carbocycles. The van der Waals surface area contributed by atoms with Crippen molar-refractivity contribution >= 4 is 11.6 Å². The number of nitrogens with zero attached hydrogens (tertiary/aromatic N) is 1. The fraction of sp³-hybridized carbons (Fsp3) is 0.533. The summed E-state index contributed by atoms with van der Waals surface area (Å²) in [5.41, 5.74) is 2.27. The number of carbonyl (C=O) groups is 1. The first-order valence-corrected chi connectivity index (χ1v) is 7.05. The van der Waals surface area contributed by atoms with Crippen molar-refractivity contribution < 1.29 is 9.90 Å². The lowest BCUT2D eigenvalue weighted by Crippen LogP contribution is -2.51. The number of amides is 1. The molecule has 1 fully saturated rings. The highest BCUT2D eigenvalue weighted by atomic mass is 16.3. The summed E-state index contributed by atoms with van der Waals surface area (Å²) in [4.78, 5) is 14.5. The van der Waals surface area contributed by atoms with Crippen molar-refractivity contribution in [3.05, 3.63) is 29.8 Å². The minimum atomic E-state index is -0.162. The molecule has 3 rings (SSSR count). The van der Waals surface area contributed by atoms with Crippen molar-refractivity contribution in [2.24, 2.45) is 0 Å². The van der Waals surface area contributed by atoms with Gasteiger partial charge < -0.3 is 15.3 Å². The van der Waals surface area contributed by atoms with E-state index in [1.807, 2.05) is 23.1 Å². The molecule has 0 aromatic heterocycles. The first-order chi connectivity index (χ1) is 9.29. The van der Waals surface area contributed by atoms with Crippen LogP contribution >= 0.6 is 0 Å². The Morgan fingerprint density at radius 2 is 2.21 bits per heavy atom. The molecule has 2 aliphatic heterocycles. The van der Waals surface area contributed by atoms with Crippen molar-refractivity contribution in [3.63, 3.8) is 0 Å².